The summed E-state index contributed by atoms with van der Waals surface area (Å²) in [5.41, 5.74) is 13.4. The molecule has 0 saturated heterocycles. The van der Waals surface area contributed by atoms with Gasteiger partial charge in [0.25, 0.3) is 0 Å². The van der Waals surface area contributed by atoms with E-state index in [4.69, 9.17) is 16.2 Å². The number of methoxy groups -OCH3 is 1. The van der Waals surface area contributed by atoms with Gasteiger partial charge in [0.05, 0.1) is 23.9 Å². The lowest BCUT2D eigenvalue weighted by Crippen LogP contribution is -2.28. The summed E-state index contributed by atoms with van der Waals surface area (Å²) in [7, 11) is 1.53. The smallest absolute Gasteiger partial charge is 0.227 e. The van der Waals surface area contributed by atoms with E-state index in [9.17, 15) is 4.79 Å². The predicted molar refractivity (Wildman–Crippen MR) is 76.4 cm³/mol. The predicted octanol–water partition coefficient (Wildman–Crippen LogP) is 1.64. The minimum Gasteiger partial charge on any atom is -0.397 e. The van der Waals surface area contributed by atoms with Crippen LogP contribution in [0.2, 0.25) is 0 Å². The number of aryl methyl sites for hydroxylation is 1. The third-order valence-electron chi connectivity index (χ3n) is 2.64. The Morgan fingerprint density at radius 3 is 2.78 bits per heavy atom. The van der Waals surface area contributed by atoms with E-state index in [0.717, 1.165) is 10.0 Å². The molecule has 0 saturated carbocycles. The minimum atomic E-state index is -0.278. The second-order valence-electron chi connectivity index (χ2n) is 4.03. The number of amides is 1. The fourth-order valence-electron chi connectivity index (χ4n) is 1.53. The van der Waals surface area contributed by atoms with Gasteiger partial charge in [0, 0.05) is 18.1 Å². The molecular formula is C12H18BrN3O2. The molecule has 0 heterocycles. The first kappa shape index (κ1) is 14.9. The van der Waals surface area contributed by atoms with Crippen molar-refractivity contribution in [3.8, 4) is 0 Å². The van der Waals surface area contributed by atoms with E-state index >= 15 is 0 Å². The third-order valence-corrected chi connectivity index (χ3v) is 3.09. The molecule has 1 aromatic rings. The van der Waals surface area contributed by atoms with Gasteiger partial charge in [-0.25, -0.2) is 0 Å². The number of nitrogens with one attached hydrogen (secondary N) is 1. The molecule has 100 valence electrons. The van der Waals surface area contributed by atoms with Gasteiger partial charge in [-0.2, -0.15) is 0 Å². The number of hydrogen-bond acceptors (Lipinski definition) is 4. The van der Waals surface area contributed by atoms with Gasteiger partial charge in [-0.1, -0.05) is 15.9 Å². The first-order valence-corrected chi connectivity index (χ1v) is 6.35. The summed E-state index contributed by atoms with van der Waals surface area (Å²) in [5, 5.41) is 2.76. The summed E-state index contributed by atoms with van der Waals surface area (Å²) in [6.07, 6.45) is -0.0719. The fourth-order valence-corrected chi connectivity index (χ4v) is 2.10. The Kier molecular flexibility index (Phi) is 5.58. The highest BCUT2D eigenvalue weighted by Crippen LogP contribution is 2.27. The molecule has 5 nitrogen and oxygen atoms in total. The lowest BCUT2D eigenvalue weighted by atomic mass is 10.1. The molecule has 5 N–H and O–H groups in total. The SMILES string of the molecule is COC(CN)CC(=O)Nc1cc(Br)cc(C)c1N. The molecule has 0 aliphatic heterocycles. The van der Waals surface area contributed by atoms with Crippen molar-refractivity contribution in [3.63, 3.8) is 0 Å². The van der Waals surface area contributed by atoms with E-state index in [1.54, 1.807) is 6.07 Å². The Hall–Kier alpha value is -1.11. The zero-order chi connectivity index (χ0) is 13.7. The molecule has 1 unspecified atom stereocenters. The lowest BCUT2D eigenvalue weighted by molar-refractivity contribution is -0.118. The second-order valence-corrected chi connectivity index (χ2v) is 4.95. The maximum atomic E-state index is 11.8. The van der Waals surface area contributed by atoms with Crippen LogP contribution >= 0.6 is 15.9 Å². The summed E-state index contributed by atoms with van der Waals surface area (Å²) < 4.78 is 5.93. The largest absolute Gasteiger partial charge is 0.397 e. The number of carbonyl (C=O) groups is 1. The molecule has 1 atom stereocenters. The van der Waals surface area contributed by atoms with Gasteiger partial charge >= 0.3 is 0 Å². The lowest BCUT2D eigenvalue weighted by Gasteiger charge is -2.14. The topological polar surface area (TPSA) is 90.4 Å². The number of ether oxygens (including phenoxy) is 1. The highest BCUT2D eigenvalue weighted by atomic mass is 79.9. The number of anilines is 2. The minimum absolute atomic E-state index is 0.170. The van der Waals surface area contributed by atoms with Crippen molar-refractivity contribution in [2.45, 2.75) is 19.4 Å². The summed E-state index contributed by atoms with van der Waals surface area (Å²) in [4.78, 5) is 11.8. The van der Waals surface area contributed by atoms with Crippen LogP contribution in [0.25, 0.3) is 0 Å². The van der Waals surface area contributed by atoms with E-state index < -0.39 is 0 Å². The van der Waals surface area contributed by atoms with Crippen molar-refractivity contribution >= 4 is 33.2 Å². The van der Waals surface area contributed by atoms with Gasteiger partial charge < -0.3 is 21.5 Å². The van der Waals surface area contributed by atoms with Crippen LogP contribution in [-0.4, -0.2) is 25.7 Å². The van der Waals surface area contributed by atoms with Crippen LogP contribution in [-0.2, 0) is 9.53 Å². The monoisotopic (exact) mass is 315 g/mol. The van der Waals surface area contributed by atoms with Gasteiger partial charge in [0.2, 0.25) is 5.91 Å². The molecule has 0 spiro atoms. The zero-order valence-corrected chi connectivity index (χ0v) is 12.1. The van der Waals surface area contributed by atoms with Crippen molar-refractivity contribution in [2.24, 2.45) is 5.73 Å². The summed E-state index contributed by atoms with van der Waals surface area (Å²) in [6.45, 7) is 2.19. The van der Waals surface area contributed by atoms with Crippen LogP contribution in [0.4, 0.5) is 11.4 Å². The van der Waals surface area contributed by atoms with Gasteiger partial charge in [-0.3, -0.25) is 4.79 Å². The molecule has 0 aliphatic rings. The van der Waals surface area contributed by atoms with E-state index in [-0.39, 0.29) is 18.4 Å². The fraction of sp³-hybridized carbons (Fsp3) is 0.417. The van der Waals surface area contributed by atoms with Crippen LogP contribution in [0.3, 0.4) is 0 Å². The number of nitrogens with two attached hydrogens (primary N) is 2. The third kappa shape index (κ3) is 3.97. The number of benzene rings is 1. The molecular weight excluding hydrogens is 298 g/mol. The highest BCUT2D eigenvalue weighted by Gasteiger charge is 2.13. The van der Waals surface area contributed by atoms with Crippen LogP contribution in [0.5, 0.6) is 0 Å². The molecule has 18 heavy (non-hydrogen) atoms. The van der Waals surface area contributed by atoms with Crippen molar-refractivity contribution in [2.75, 3.05) is 24.7 Å². The molecule has 0 fully saturated rings. The summed E-state index contributed by atoms with van der Waals surface area (Å²) in [5.74, 6) is -0.170. The maximum Gasteiger partial charge on any atom is 0.227 e. The Morgan fingerprint density at radius 2 is 2.22 bits per heavy atom. The molecule has 0 aliphatic carbocycles. The van der Waals surface area contributed by atoms with Crippen LogP contribution in [0, 0.1) is 6.92 Å². The normalized spacial score (nSPS) is 12.2. The first-order valence-electron chi connectivity index (χ1n) is 5.56. The number of carbonyl (C=O) groups excluding carboxylic acids is 1. The summed E-state index contributed by atoms with van der Waals surface area (Å²) in [6, 6.07) is 3.66. The van der Waals surface area contributed by atoms with Crippen LogP contribution in [0.1, 0.15) is 12.0 Å². The van der Waals surface area contributed by atoms with Crippen molar-refractivity contribution < 1.29 is 9.53 Å². The molecule has 0 aromatic heterocycles. The quantitative estimate of drug-likeness (QED) is 0.720. The van der Waals surface area contributed by atoms with Crippen molar-refractivity contribution in [1.29, 1.82) is 0 Å². The van der Waals surface area contributed by atoms with Gasteiger partial charge in [-0.15, -0.1) is 0 Å². The molecule has 0 bridgehead atoms. The highest BCUT2D eigenvalue weighted by molar-refractivity contribution is 9.10. The van der Waals surface area contributed by atoms with E-state index in [1.165, 1.54) is 7.11 Å². The first-order chi connectivity index (χ1) is 8.47. The Balaban J connectivity index is 2.76. The molecule has 6 heteroatoms. The Bertz CT molecular complexity index is 434. The molecule has 0 radical (unpaired) electrons. The molecule has 1 amide bonds. The van der Waals surface area contributed by atoms with Gasteiger partial charge in [0.1, 0.15) is 0 Å². The van der Waals surface area contributed by atoms with E-state index in [1.807, 2.05) is 13.0 Å². The van der Waals surface area contributed by atoms with Crippen LogP contribution in [0.15, 0.2) is 16.6 Å². The number of nitrogen functional groups attached to an aromatic ring is 1. The van der Waals surface area contributed by atoms with Crippen molar-refractivity contribution in [3.05, 3.63) is 22.2 Å². The number of halogens is 1. The molecule has 1 aromatic carbocycles. The Morgan fingerprint density at radius 1 is 1.56 bits per heavy atom. The van der Waals surface area contributed by atoms with E-state index in [0.29, 0.717) is 17.9 Å². The van der Waals surface area contributed by atoms with Gasteiger partial charge in [-0.05, 0) is 24.6 Å². The maximum absolute atomic E-state index is 11.8. The van der Waals surface area contributed by atoms with Crippen molar-refractivity contribution in [1.82, 2.24) is 0 Å². The number of hydrogen-bond donors (Lipinski definition) is 3. The van der Waals surface area contributed by atoms with Crippen LogP contribution < -0.4 is 16.8 Å². The summed E-state index contributed by atoms with van der Waals surface area (Å²) >= 11 is 3.36. The zero-order valence-electron chi connectivity index (χ0n) is 10.5. The average molecular weight is 316 g/mol. The number of rotatable bonds is 5. The van der Waals surface area contributed by atoms with Gasteiger partial charge in [0.15, 0.2) is 0 Å². The molecule has 1 rings (SSSR count). The second kappa shape index (κ2) is 6.72. The van der Waals surface area contributed by atoms with E-state index in [2.05, 4.69) is 21.2 Å². The standard InChI is InChI=1S/C12H18BrN3O2/c1-7-3-8(13)4-10(12(7)15)16-11(17)5-9(6-14)18-2/h3-4,9H,5-6,14-15H2,1-2H3,(H,16,17). The average Bonchev–Trinajstić information content (AvgIpc) is 2.32. The Labute approximate surface area is 115 Å².